The van der Waals surface area contributed by atoms with Gasteiger partial charge < -0.3 is 46.0 Å². The highest BCUT2D eigenvalue weighted by molar-refractivity contribution is 7.47. The summed E-state index contributed by atoms with van der Waals surface area (Å²) in [5, 5.41) is 74.2. The average Bonchev–Trinajstić information content (AvgIpc) is 3.17. The molecule has 8 unspecified atom stereocenters. The molecule has 14 heteroatoms. The maximum Gasteiger partial charge on any atom is 0.472 e. The Kier molecular flexibility index (Phi) is 30.7. The zero-order chi connectivity index (χ0) is 41.6. The number of aliphatic hydroxyl groups is 7. The van der Waals surface area contributed by atoms with Gasteiger partial charge in [0.1, 0.15) is 36.6 Å². The Bertz CT molecular complexity index is 1060. The van der Waals surface area contributed by atoms with Gasteiger partial charge in [0.15, 0.2) is 0 Å². The zero-order valence-electron chi connectivity index (χ0n) is 34.5. The Morgan fingerprint density at radius 1 is 0.643 bits per heavy atom. The molecular formula is C42H80NO12P. The third-order valence-electron chi connectivity index (χ3n) is 10.6. The lowest BCUT2D eigenvalue weighted by Crippen LogP contribution is -2.64. The quantitative estimate of drug-likeness (QED) is 0.0192. The van der Waals surface area contributed by atoms with Gasteiger partial charge in [0.25, 0.3) is 0 Å². The molecule has 1 saturated carbocycles. The fourth-order valence-electron chi connectivity index (χ4n) is 6.99. The Morgan fingerprint density at radius 2 is 1.11 bits per heavy atom. The van der Waals surface area contributed by atoms with Crippen molar-refractivity contribution in [1.82, 2.24) is 5.32 Å². The number of carbonyl (C=O) groups excluding carboxylic acids is 1. The number of allylic oxidation sites excluding steroid dienone is 4. The number of hydrogen-bond donors (Lipinski definition) is 9. The molecule has 0 aliphatic heterocycles. The minimum atomic E-state index is -5.10. The van der Waals surface area contributed by atoms with Gasteiger partial charge in [0.05, 0.1) is 31.3 Å². The fraction of sp³-hybridized carbons (Fsp3) is 0.881. The van der Waals surface area contributed by atoms with E-state index >= 15 is 0 Å². The minimum Gasteiger partial charge on any atom is -0.393 e. The van der Waals surface area contributed by atoms with Crippen LogP contribution in [0.2, 0.25) is 0 Å². The van der Waals surface area contributed by atoms with E-state index in [1.807, 2.05) is 0 Å². The molecule has 0 aromatic heterocycles. The van der Waals surface area contributed by atoms with Gasteiger partial charge in [-0.2, -0.15) is 0 Å². The molecule has 1 amide bonds. The van der Waals surface area contributed by atoms with E-state index < -0.39 is 75.2 Å². The van der Waals surface area contributed by atoms with Gasteiger partial charge in [0.2, 0.25) is 5.91 Å². The fourth-order valence-corrected chi connectivity index (χ4v) is 7.96. The van der Waals surface area contributed by atoms with Crippen LogP contribution in [0.15, 0.2) is 24.3 Å². The monoisotopic (exact) mass is 822 g/mol. The van der Waals surface area contributed by atoms with E-state index in [0.29, 0.717) is 12.8 Å². The summed E-state index contributed by atoms with van der Waals surface area (Å²) < 4.78 is 22.8. The molecule has 0 radical (unpaired) electrons. The number of nitrogens with one attached hydrogen (secondary N) is 1. The van der Waals surface area contributed by atoms with Gasteiger partial charge in [0, 0.05) is 0 Å². The first-order valence-electron chi connectivity index (χ1n) is 21.9. The van der Waals surface area contributed by atoms with Gasteiger partial charge >= 0.3 is 7.82 Å². The van der Waals surface area contributed by atoms with E-state index in [-0.39, 0.29) is 12.8 Å². The van der Waals surface area contributed by atoms with E-state index in [2.05, 4.69) is 43.5 Å². The number of aliphatic hydroxyl groups excluding tert-OH is 7. The molecule has 1 aliphatic carbocycles. The van der Waals surface area contributed by atoms with Crippen LogP contribution in [0.3, 0.4) is 0 Å². The Labute approximate surface area is 337 Å². The molecule has 1 aliphatic rings. The summed E-state index contributed by atoms with van der Waals surface area (Å²) in [4.78, 5) is 23.3. The highest BCUT2D eigenvalue weighted by Gasteiger charge is 2.51. The molecule has 0 heterocycles. The number of phosphoric ester groups is 1. The number of amides is 1. The molecule has 0 saturated heterocycles. The third kappa shape index (κ3) is 24.6. The molecule has 0 bridgehead atoms. The molecule has 8 atom stereocenters. The molecule has 56 heavy (non-hydrogen) atoms. The number of phosphoric acid groups is 1. The maximum atomic E-state index is 12.9. The van der Waals surface area contributed by atoms with E-state index in [1.54, 1.807) is 0 Å². The van der Waals surface area contributed by atoms with Crippen molar-refractivity contribution in [1.29, 1.82) is 0 Å². The number of carbonyl (C=O) groups is 1. The summed E-state index contributed by atoms with van der Waals surface area (Å²) in [5.41, 5.74) is 0. The smallest absolute Gasteiger partial charge is 0.393 e. The van der Waals surface area contributed by atoms with E-state index in [1.165, 1.54) is 57.8 Å². The highest BCUT2D eigenvalue weighted by atomic mass is 31.2. The van der Waals surface area contributed by atoms with Crippen molar-refractivity contribution >= 4 is 13.7 Å². The topological polar surface area (TPSA) is 226 Å². The Morgan fingerprint density at radius 3 is 1.64 bits per heavy atom. The first-order chi connectivity index (χ1) is 26.8. The number of hydrogen-bond acceptors (Lipinski definition) is 11. The Hall–Kier alpha value is -1.22. The Balaban J connectivity index is 2.41. The van der Waals surface area contributed by atoms with Crippen molar-refractivity contribution in [2.45, 2.75) is 229 Å². The van der Waals surface area contributed by atoms with Crippen molar-refractivity contribution < 1.29 is 59.0 Å². The van der Waals surface area contributed by atoms with Crippen LogP contribution >= 0.6 is 7.82 Å². The summed E-state index contributed by atoms with van der Waals surface area (Å²) in [6.45, 7) is 3.60. The molecule has 13 nitrogen and oxygen atoms in total. The first-order valence-corrected chi connectivity index (χ1v) is 23.4. The van der Waals surface area contributed by atoms with Crippen LogP contribution in [0, 0.1) is 0 Å². The SMILES string of the molecule is CC/C=C\C/C=C\CCCCCCCCCCCCCCC(O)CC(=O)NC(COP(=O)(O)OC1C(O)C(O)C(O)C(O)C1O)C(O)CCCCCCCCC. The largest absolute Gasteiger partial charge is 0.472 e. The molecule has 330 valence electrons. The lowest BCUT2D eigenvalue weighted by molar-refractivity contribution is -0.220. The van der Waals surface area contributed by atoms with Crippen LogP contribution < -0.4 is 5.32 Å². The lowest BCUT2D eigenvalue weighted by Gasteiger charge is -2.41. The molecule has 0 spiro atoms. The molecule has 0 aromatic rings. The summed E-state index contributed by atoms with van der Waals surface area (Å²) in [7, 11) is -5.10. The molecule has 1 fully saturated rings. The second kappa shape index (κ2) is 32.6. The van der Waals surface area contributed by atoms with Gasteiger partial charge in [-0.3, -0.25) is 13.8 Å². The van der Waals surface area contributed by atoms with E-state index in [9.17, 15) is 50.0 Å². The van der Waals surface area contributed by atoms with E-state index in [4.69, 9.17) is 9.05 Å². The summed E-state index contributed by atoms with van der Waals surface area (Å²) in [5.74, 6) is -0.566. The van der Waals surface area contributed by atoms with Crippen LogP contribution in [0.25, 0.3) is 0 Å². The number of unbranched alkanes of at least 4 members (excludes halogenated alkanes) is 18. The predicted octanol–water partition coefficient (Wildman–Crippen LogP) is 6.42. The molecule has 1 rings (SSSR count). The van der Waals surface area contributed by atoms with Crippen LogP contribution in [0.5, 0.6) is 0 Å². The molecule has 0 aromatic carbocycles. The zero-order valence-corrected chi connectivity index (χ0v) is 35.4. The summed E-state index contributed by atoms with van der Waals surface area (Å²) in [6.07, 6.45) is 19.9. The van der Waals surface area contributed by atoms with Crippen LogP contribution in [0.1, 0.15) is 174 Å². The van der Waals surface area contributed by atoms with Crippen molar-refractivity contribution in [3.05, 3.63) is 24.3 Å². The van der Waals surface area contributed by atoms with Crippen LogP contribution in [-0.4, -0.2) is 108 Å². The lowest BCUT2D eigenvalue weighted by atomic mass is 9.85. The highest BCUT2D eigenvalue weighted by Crippen LogP contribution is 2.47. The van der Waals surface area contributed by atoms with Gasteiger partial charge in [-0.1, -0.05) is 154 Å². The average molecular weight is 822 g/mol. The van der Waals surface area contributed by atoms with Crippen molar-refractivity contribution in [3.63, 3.8) is 0 Å². The van der Waals surface area contributed by atoms with Crippen LogP contribution in [-0.2, 0) is 18.4 Å². The van der Waals surface area contributed by atoms with Crippen molar-refractivity contribution in [3.8, 4) is 0 Å². The van der Waals surface area contributed by atoms with E-state index in [0.717, 1.165) is 77.0 Å². The van der Waals surface area contributed by atoms with Crippen molar-refractivity contribution in [2.75, 3.05) is 6.61 Å². The van der Waals surface area contributed by atoms with Gasteiger partial charge in [-0.05, 0) is 38.5 Å². The predicted molar refractivity (Wildman–Crippen MR) is 220 cm³/mol. The summed E-state index contributed by atoms with van der Waals surface area (Å²) in [6, 6.07) is -1.15. The van der Waals surface area contributed by atoms with Gasteiger partial charge in [-0.25, -0.2) is 4.57 Å². The first kappa shape index (κ1) is 52.8. The van der Waals surface area contributed by atoms with Crippen molar-refractivity contribution in [2.24, 2.45) is 0 Å². The van der Waals surface area contributed by atoms with Crippen LogP contribution in [0.4, 0.5) is 0 Å². The van der Waals surface area contributed by atoms with Gasteiger partial charge in [-0.15, -0.1) is 0 Å². The molecular weight excluding hydrogens is 741 g/mol. The minimum absolute atomic E-state index is 0.222. The third-order valence-corrected chi connectivity index (χ3v) is 11.6. The standard InChI is InChI=1S/C42H80NO12P/c1-3-5-7-9-11-12-13-14-15-16-17-18-19-20-21-22-24-25-27-29-33(44)31-36(46)43-34(35(45)30-28-26-23-10-8-6-4-2)32-54-56(52,53)55-42-40(50)38(48)37(47)39(49)41(42)51/h5,7,11-12,33-35,37-42,44-45,47-51H,3-4,6,8-10,13-32H2,1-2H3,(H,43,46)(H,52,53)/b7-5-,12-11-. The molecule has 9 N–H and O–H groups in total. The number of rotatable bonds is 35. The normalized spacial score (nSPS) is 24.4. The second-order valence-corrected chi connectivity index (χ2v) is 17.1. The second-order valence-electron chi connectivity index (χ2n) is 15.7. The maximum absolute atomic E-state index is 12.9. The summed E-state index contributed by atoms with van der Waals surface area (Å²) >= 11 is 0.